The minimum absolute atomic E-state index is 0.0494. The number of halogens is 2. The molecule has 0 aliphatic heterocycles. The Labute approximate surface area is 125 Å². The van der Waals surface area contributed by atoms with Crippen LogP contribution in [0, 0.1) is 5.82 Å². The van der Waals surface area contributed by atoms with Gasteiger partial charge in [0.2, 0.25) is 0 Å². The van der Waals surface area contributed by atoms with Crippen molar-refractivity contribution < 1.29 is 9.18 Å². The molecule has 1 amide bonds. The van der Waals surface area contributed by atoms with E-state index in [0.717, 1.165) is 0 Å². The molecular weight excluding hydrogens is 299 g/mol. The van der Waals surface area contributed by atoms with Crippen LogP contribution in [0.15, 0.2) is 42.5 Å². The highest BCUT2D eigenvalue weighted by Crippen LogP contribution is 2.20. The summed E-state index contributed by atoms with van der Waals surface area (Å²) in [4.78, 5) is 12.2. The molecule has 3 nitrogen and oxygen atoms in total. The molecule has 102 valence electrons. The van der Waals surface area contributed by atoms with Crippen molar-refractivity contribution in [1.29, 1.82) is 0 Å². The lowest BCUT2D eigenvalue weighted by molar-refractivity contribution is 0.102. The Balaban J connectivity index is 2.15. The summed E-state index contributed by atoms with van der Waals surface area (Å²) in [6, 6.07) is 10.5. The first-order chi connectivity index (χ1) is 9.47. The lowest BCUT2D eigenvalue weighted by Crippen LogP contribution is -2.13. The number of hydrogen-bond donors (Lipinski definition) is 2. The zero-order valence-corrected chi connectivity index (χ0v) is 11.8. The first-order valence-corrected chi connectivity index (χ1v) is 6.42. The van der Waals surface area contributed by atoms with E-state index >= 15 is 0 Å². The molecule has 0 saturated heterocycles. The maximum absolute atomic E-state index is 13.0. The molecular formula is C14H10ClFN2OS. The average Bonchev–Trinajstić information content (AvgIpc) is 2.43. The molecule has 2 aromatic rings. The Morgan fingerprint density at radius 3 is 2.30 bits per heavy atom. The number of hydrogen-bond acceptors (Lipinski definition) is 2. The Morgan fingerprint density at radius 1 is 1.15 bits per heavy atom. The first-order valence-electron chi connectivity index (χ1n) is 5.63. The Bertz CT molecular complexity index is 673. The molecule has 0 heterocycles. The molecule has 0 aliphatic carbocycles. The van der Waals surface area contributed by atoms with Gasteiger partial charge in [-0.15, -0.1) is 0 Å². The zero-order chi connectivity index (χ0) is 14.7. The second kappa shape index (κ2) is 5.98. The van der Waals surface area contributed by atoms with Crippen molar-refractivity contribution in [2.75, 3.05) is 5.32 Å². The maximum Gasteiger partial charge on any atom is 0.255 e. The zero-order valence-electron chi connectivity index (χ0n) is 10.2. The number of anilines is 1. The quantitative estimate of drug-likeness (QED) is 0.855. The summed E-state index contributed by atoms with van der Waals surface area (Å²) < 4.78 is 13.0. The van der Waals surface area contributed by atoms with Gasteiger partial charge < -0.3 is 11.1 Å². The van der Waals surface area contributed by atoms with Gasteiger partial charge in [-0.1, -0.05) is 36.0 Å². The van der Waals surface area contributed by atoms with E-state index in [1.54, 1.807) is 24.3 Å². The van der Waals surface area contributed by atoms with E-state index in [4.69, 9.17) is 29.6 Å². The Morgan fingerprint density at radius 2 is 1.75 bits per heavy atom. The van der Waals surface area contributed by atoms with Crippen LogP contribution in [-0.4, -0.2) is 10.9 Å². The number of rotatable bonds is 3. The van der Waals surface area contributed by atoms with E-state index in [0.29, 0.717) is 16.8 Å². The number of benzene rings is 2. The van der Waals surface area contributed by atoms with Crippen molar-refractivity contribution in [1.82, 2.24) is 0 Å². The van der Waals surface area contributed by atoms with Gasteiger partial charge in [0.1, 0.15) is 10.8 Å². The van der Waals surface area contributed by atoms with Crippen molar-refractivity contribution in [3.05, 3.63) is 64.4 Å². The molecule has 6 heteroatoms. The van der Waals surface area contributed by atoms with E-state index in [1.165, 1.54) is 18.2 Å². The van der Waals surface area contributed by atoms with Crippen LogP contribution in [0.2, 0.25) is 5.02 Å². The molecule has 0 bridgehead atoms. The van der Waals surface area contributed by atoms with Crippen LogP contribution in [0.4, 0.5) is 10.1 Å². The summed E-state index contributed by atoms with van der Waals surface area (Å²) in [6.45, 7) is 0. The highest BCUT2D eigenvalue weighted by molar-refractivity contribution is 7.80. The van der Waals surface area contributed by atoms with Crippen molar-refractivity contribution in [3.63, 3.8) is 0 Å². The van der Waals surface area contributed by atoms with Crippen LogP contribution in [0.25, 0.3) is 0 Å². The molecule has 20 heavy (non-hydrogen) atoms. The molecule has 0 fully saturated rings. The van der Waals surface area contributed by atoms with Crippen LogP contribution in [0.5, 0.6) is 0 Å². The number of carbonyl (C=O) groups excluding carboxylic acids is 1. The van der Waals surface area contributed by atoms with Gasteiger partial charge >= 0.3 is 0 Å². The molecule has 2 rings (SSSR count). The van der Waals surface area contributed by atoms with Gasteiger partial charge in [0, 0.05) is 16.8 Å². The van der Waals surface area contributed by atoms with E-state index < -0.39 is 5.82 Å². The summed E-state index contributed by atoms with van der Waals surface area (Å²) in [6.07, 6.45) is 0. The Kier molecular flexibility index (Phi) is 4.32. The van der Waals surface area contributed by atoms with Gasteiger partial charge in [0.15, 0.2) is 0 Å². The van der Waals surface area contributed by atoms with Crippen LogP contribution in [0.1, 0.15) is 15.9 Å². The van der Waals surface area contributed by atoms with Gasteiger partial charge in [-0.2, -0.15) is 0 Å². The van der Waals surface area contributed by atoms with Crippen LogP contribution in [-0.2, 0) is 0 Å². The molecule has 3 N–H and O–H groups in total. The van der Waals surface area contributed by atoms with Crippen LogP contribution >= 0.6 is 23.8 Å². The van der Waals surface area contributed by atoms with Crippen molar-refractivity contribution in [2.24, 2.45) is 5.73 Å². The lowest BCUT2D eigenvalue weighted by Gasteiger charge is -2.06. The predicted octanol–water partition coefficient (Wildman–Crippen LogP) is 3.37. The maximum atomic E-state index is 13.0. The molecule has 0 unspecified atom stereocenters. The number of amides is 1. The SMILES string of the molecule is NC(=S)c1ccc(C(=O)Nc2ccc(F)c(Cl)c2)cc1. The third kappa shape index (κ3) is 3.31. The van der Waals surface area contributed by atoms with Gasteiger partial charge in [-0.25, -0.2) is 4.39 Å². The summed E-state index contributed by atoms with van der Waals surface area (Å²) in [5.41, 5.74) is 7.01. The summed E-state index contributed by atoms with van der Waals surface area (Å²) in [7, 11) is 0. The summed E-state index contributed by atoms with van der Waals surface area (Å²) in [5, 5.41) is 2.57. The second-order valence-electron chi connectivity index (χ2n) is 4.02. The van der Waals surface area contributed by atoms with E-state index in [9.17, 15) is 9.18 Å². The molecule has 0 spiro atoms. The van der Waals surface area contributed by atoms with Crippen molar-refractivity contribution >= 4 is 40.4 Å². The Hall–Kier alpha value is -1.98. The topological polar surface area (TPSA) is 55.1 Å². The molecule has 0 saturated carbocycles. The summed E-state index contributed by atoms with van der Waals surface area (Å²) >= 11 is 10.5. The van der Waals surface area contributed by atoms with E-state index in [1.807, 2.05) is 0 Å². The molecule has 0 aliphatic rings. The normalized spacial score (nSPS) is 10.1. The van der Waals surface area contributed by atoms with Gasteiger partial charge in [0.25, 0.3) is 5.91 Å². The van der Waals surface area contributed by atoms with Crippen LogP contribution in [0.3, 0.4) is 0 Å². The first kappa shape index (κ1) is 14.4. The minimum atomic E-state index is -0.537. The van der Waals surface area contributed by atoms with E-state index in [2.05, 4.69) is 5.32 Å². The number of carbonyl (C=O) groups is 1. The van der Waals surface area contributed by atoms with Crippen molar-refractivity contribution in [3.8, 4) is 0 Å². The fraction of sp³-hybridized carbons (Fsp3) is 0. The predicted molar refractivity (Wildman–Crippen MR) is 81.7 cm³/mol. The summed E-state index contributed by atoms with van der Waals surface area (Å²) in [5.74, 6) is -0.868. The third-order valence-corrected chi connectivity index (χ3v) is 3.13. The largest absolute Gasteiger partial charge is 0.389 e. The van der Waals surface area contributed by atoms with Gasteiger partial charge in [-0.05, 0) is 30.3 Å². The monoisotopic (exact) mass is 308 g/mol. The molecule has 0 atom stereocenters. The fourth-order valence-electron chi connectivity index (χ4n) is 1.56. The number of nitrogens with one attached hydrogen (secondary N) is 1. The highest BCUT2D eigenvalue weighted by Gasteiger charge is 2.08. The van der Waals surface area contributed by atoms with Crippen LogP contribution < -0.4 is 11.1 Å². The molecule has 0 radical (unpaired) electrons. The standard InChI is InChI=1S/C14H10ClFN2OS/c15-11-7-10(5-6-12(11)16)18-14(19)9-3-1-8(2-4-9)13(17)20/h1-7H,(H2,17,20)(H,18,19). The smallest absolute Gasteiger partial charge is 0.255 e. The lowest BCUT2D eigenvalue weighted by atomic mass is 10.1. The van der Waals surface area contributed by atoms with Crippen molar-refractivity contribution in [2.45, 2.75) is 0 Å². The number of thiocarbonyl (C=S) groups is 1. The molecule has 0 aromatic heterocycles. The minimum Gasteiger partial charge on any atom is -0.389 e. The fourth-order valence-corrected chi connectivity index (χ4v) is 1.88. The van der Waals surface area contributed by atoms with Gasteiger partial charge in [-0.3, -0.25) is 4.79 Å². The van der Waals surface area contributed by atoms with E-state index in [-0.39, 0.29) is 15.9 Å². The van der Waals surface area contributed by atoms with Gasteiger partial charge in [0.05, 0.1) is 5.02 Å². The second-order valence-corrected chi connectivity index (χ2v) is 4.87. The third-order valence-electron chi connectivity index (χ3n) is 2.61. The molecule has 2 aromatic carbocycles. The average molecular weight is 309 g/mol. The highest BCUT2D eigenvalue weighted by atomic mass is 35.5. The number of nitrogens with two attached hydrogens (primary N) is 1.